The second kappa shape index (κ2) is 3.50. The Morgan fingerprint density at radius 3 is 2.71 bits per heavy atom. The fourth-order valence-corrected chi connectivity index (χ4v) is 1.31. The zero-order valence-corrected chi connectivity index (χ0v) is 7.37. The van der Waals surface area contributed by atoms with E-state index in [2.05, 4.69) is 6.07 Å². The number of halogens is 1. The molecular formula is C12H8FO. The largest absolute Gasteiger partial charge is 0.504 e. The Morgan fingerprint density at radius 1 is 1.14 bits per heavy atom. The fraction of sp³-hybridized carbons (Fsp3) is 0. The van der Waals surface area contributed by atoms with Gasteiger partial charge in [-0.3, -0.25) is 0 Å². The number of aromatic hydroxyl groups is 1. The van der Waals surface area contributed by atoms with Crippen LogP contribution in [0.15, 0.2) is 42.5 Å². The molecule has 0 spiro atoms. The normalized spacial score (nSPS) is 10.1. The van der Waals surface area contributed by atoms with Crippen molar-refractivity contribution < 1.29 is 9.50 Å². The van der Waals surface area contributed by atoms with Crippen LogP contribution in [0.25, 0.3) is 11.1 Å². The first-order valence-electron chi connectivity index (χ1n) is 4.23. The van der Waals surface area contributed by atoms with Gasteiger partial charge in [-0.25, -0.2) is 4.39 Å². The van der Waals surface area contributed by atoms with Crippen LogP contribution in [0.5, 0.6) is 5.75 Å². The van der Waals surface area contributed by atoms with E-state index in [-0.39, 0.29) is 5.75 Å². The summed E-state index contributed by atoms with van der Waals surface area (Å²) in [7, 11) is 0. The topological polar surface area (TPSA) is 20.2 Å². The van der Waals surface area contributed by atoms with E-state index >= 15 is 0 Å². The van der Waals surface area contributed by atoms with Gasteiger partial charge >= 0.3 is 0 Å². The summed E-state index contributed by atoms with van der Waals surface area (Å²) in [5.41, 5.74) is 1.24. The summed E-state index contributed by atoms with van der Waals surface area (Å²) in [6.07, 6.45) is 0. The van der Waals surface area contributed by atoms with Crippen LogP contribution in [0, 0.1) is 11.9 Å². The molecule has 0 aliphatic rings. The second-order valence-electron chi connectivity index (χ2n) is 2.93. The van der Waals surface area contributed by atoms with Crippen molar-refractivity contribution in [3.8, 4) is 16.9 Å². The van der Waals surface area contributed by atoms with Crippen LogP contribution in [0.3, 0.4) is 0 Å². The molecule has 0 saturated carbocycles. The maximum Gasteiger partial charge on any atom is 0.165 e. The van der Waals surface area contributed by atoms with Crippen LogP contribution in [0.1, 0.15) is 0 Å². The van der Waals surface area contributed by atoms with Crippen molar-refractivity contribution in [2.45, 2.75) is 0 Å². The number of para-hydroxylation sites is 1. The highest BCUT2D eigenvalue weighted by molar-refractivity contribution is 5.69. The van der Waals surface area contributed by atoms with Crippen LogP contribution in [0.2, 0.25) is 0 Å². The number of rotatable bonds is 1. The monoisotopic (exact) mass is 187 g/mol. The molecule has 0 atom stereocenters. The fourth-order valence-electron chi connectivity index (χ4n) is 1.31. The quantitative estimate of drug-likeness (QED) is 0.727. The molecule has 1 N–H and O–H groups in total. The molecule has 0 aliphatic heterocycles. The maximum atomic E-state index is 13.0. The van der Waals surface area contributed by atoms with E-state index in [0.717, 1.165) is 5.56 Å². The summed E-state index contributed by atoms with van der Waals surface area (Å²) >= 11 is 0. The summed E-state index contributed by atoms with van der Waals surface area (Å²) in [5.74, 6) is -0.918. The molecule has 0 fully saturated rings. The van der Waals surface area contributed by atoms with E-state index in [4.69, 9.17) is 0 Å². The van der Waals surface area contributed by atoms with E-state index in [9.17, 15) is 9.50 Å². The van der Waals surface area contributed by atoms with Gasteiger partial charge in [0.05, 0.1) is 0 Å². The molecule has 2 aromatic carbocycles. The average molecular weight is 187 g/mol. The Kier molecular flexibility index (Phi) is 2.19. The molecule has 2 aromatic rings. The first-order chi connectivity index (χ1) is 6.79. The highest BCUT2D eigenvalue weighted by atomic mass is 19.1. The highest BCUT2D eigenvalue weighted by Gasteiger charge is 2.07. The SMILES string of the molecule is Oc1c(F)cccc1-c1c[c]ccc1. The lowest BCUT2D eigenvalue weighted by molar-refractivity contribution is 0.434. The summed E-state index contributed by atoms with van der Waals surface area (Å²) in [6, 6.07) is 14.4. The van der Waals surface area contributed by atoms with E-state index < -0.39 is 5.82 Å². The van der Waals surface area contributed by atoms with Gasteiger partial charge < -0.3 is 5.11 Å². The predicted molar refractivity (Wildman–Crippen MR) is 52.3 cm³/mol. The van der Waals surface area contributed by atoms with Crippen LogP contribution >= 0.6 is 0 Å². The second-order valence-corrected chi connectivity index (χ2v) is 2.93. The highest BCUT2D eigenvalue weighted by Crippen LogP contribution is 2.30. The molecule has 0 aliphatic carbocycles. The average Bonchev–Trinajstić information content (AvgIpc) is 2.23. The zero-order valence-electron chi connectivity index (χ0n) is 7.37. The van der Waals surface area contributed by atoms with Crippen LogP contribution in [-0.4, -0.2) is 5.11 Å². The molecule has 0 heterocycles. The number of benzene rings is 2. The minimum Gasteiger partial charge on any atom is -0.504 e. The molecule has 0 unspecified atom stereocenters. The van der Waals surface area contributed by atoms with Gasteiger partial charge in [-0.05, 0) is 23.8 Å². The lowest BCUT2D eigenvalue weighted by atomic mass is 10.0. The van der Waals surface area contributed by atoms with E-state index in [1.807, 2.05) is 0 Å². The van der Waals surface area contributed by atoms with E-state index in [1.165, 1.54) is 6.07 Å². The summed E-state index contributed by atoms with van der Waals surface area (Å²) in [6.45, 7) is 0. The van der Waals surface area contributed by atoms with Crippen molar-refractivity contribution in [1.82, 2.24) is 0 Å². The van der Waals surface area contributed by atoms with Gasteiger partial charge in [0.15, 0.2) is 11.6 Å². The number of hydrogen-bond donors (Lipinski definition) is 1. The van der Waals surface area contributed by atoms with E-state index in [1.54, 1.807) is 36.4 Å². The third-order valence-electron chi connectivity index (χ3n) is 2.00. The Labute approximate surface area is 81.4 Å². The molecule has 0 saturated heterocycles. The lowest BCUT2D eigenvalue weighted by Gasteiger charge is -2.04. The number of hydrogen-bond acceptors (Lipinski definition) is 1. The van der Waals surface area contributed by atoms with Crippen molar-refractivity contribution >= 4 is 0 Å². The molecule has 14 heavy (non-hydrogen) atoms. The molecule has 69 valence electrons. The number of phenolic OH excluding ortho intramolecular Hbond substituents is 1. The molecule has 2 heteroatoms. The van der Waals surface area contributed by atoms with Gasteiger partial charge in [0.25, 0.3) is 0 Å². The first-order valence-corrected chi connectivity index (χ1v) is 4.23. The van der Waals surface area contributed by atoms with Crippen molar-refractivity contribution in [2.24, 2.45) is 0 Å². The van der Waals surface area contributed by atoms with Gasteiger partial charge in [0.2, 0.25) is 0 Å². The lowest BCUT2D eigenvalue weighted by Crippen LogP contribution is -1.82. The molecular weight excluding hydrogens is 179 g/mol. The molecule has 0 aromatic heterocycles. The molecule has 0 bridgehead atoms. The van der Waals surface area contributed by atoms with Gasteiger partial charge in [-0.15, -0.1) is 0 Å². The minimum atomic E-state index is -0.605. The minimum absolute atomic E-state index is 0.313. The summed E-state index contributed by atoms with van der Waals surface area (Å²) in [4.78, 5) is 0. The van der Waals surface area contributed by atoms with Crippen molar-refractivity contribution in [3.05, 3.63) is 54.3 Å². The van der Waals surface area contributed by atoms with Crippen LogP contribution in [0.4, 0.5) is 4.39 Å². The maximum absolute atomic E-state index is 13.0. The number of phenols is 1. The predicted octanol–water partition coefficient (Wildman–Crippen LogP) is 3.00. The van der Waals surface area contributed by atoms with Crippen LogP contribution < -0.4 is 0 Å². The third kappa shape index (κ3) is 1.46. The summed E-state index contributed by atoms with van der Waals surface area (Å²) in [5, 5.41) is 9.46. The molecule has 1 radical (unpaired) electrons. The van der Waals surface area contributed by atoms with Crippen molar-refractivity contribution in [3.63, 3.8) is 0 Å². The molecule has 1 nitrogen and oxygen atoms in total. The molecule has 2 rings (SSSR count). The molecule has 0 amide bonds. The van der Waals surface area contributed by atoms with Crippen molar-refractivity contribution in [2.75, 3.05) is 0 Å². The Hall–Kier alpha value is -1.83. The Bertz CT molecular complexity index is 437. The van der Waals surface area contributed by atoms with Crippen LogP contribution in [-0.2, 0) is 0 Å². The van der Waals surface area contributed by atoms with Gasteiger partial charge in [-0.1, -0.05) is 30.3 Å². The van der Waals surface area contributed by atoms with Crippen molar-refractivity contribution in [1.29, 1.82) is 0 Å². The van der Waals surface area contributed by atoms with Gasteiger partial charge in [-0.2, -0.15) is 0 Å². The van der Waals surface area contributed by atoms with Gasteiger partial charge in [0, 0.05) is 5.56 Å². The first kappa shape index (κ1) is 8.75. The Balaban J connectivity index is 2.58. The Morgan fingerprint density at radius 2 is 2.00 bits per heavy atom. The van der Waals surface area contributed by atoms with E-state index in [0.29, 0.717) is 5.56 Å². The zero-order chi connectivity index (χ0) is 9.97. The smallest absolute Gasteiger partial charge is 0.165 e. The standard InChI is InChI=1S/C12H8FO/c13-11-8-4-7-10(12(11)14)9-5-2-1-3-6-9/h1-2,4-8,14H. The third-order valence-corrected chi connectivity index (χ3v) is 2.00. The van der Waals surface area contributed by atoms with Gasteiger partial charge in [0.1, 0.15) is 0 Å². The summed E-state index contributed by atoms with van der Waals surface area (Å²) < 4.78 is 13.0.